The van der Waals surface area contributed by atoms with Crippen LogP contribution in [0.1, 0.15) is 18.2 Å². The Labute approximate surface area is 200 Å². The fourth-order valence-electron chi connectivity index (χ4n) is 2.53. The van der Waals surface area contributed by atoms with E-state index in [0.29, 0.717) is 24.9 Å². The van der Waals surface area contributed by atoms with E-state index in [1.165, 1.54) is 12.3 Å². The van der Waals surface area contributed by atoms with Gasteiger partial charge in [-0.1, -0.05) is 24.3 Å². The Kier molecular flexibility index (Phi) is 9.75. The molecule has 2 N–H and O–H groups in total. The Morgan fingerprint density at radius 2 is 1.91 bits per heavy atom. The van der Waals surface area contributed by atoms with E-state index in [2.05, 4.69) is 30.3 Å². The van der Waals surface area contributed by atoms with Gasteiger partial charge < -0.3 is 19.8 Å². The second kappa shape index (κ2) is 12.3. The van der Waals surface area contributed by atoms with Crippen molar-refractivity contribution in [1.82, 2.24) is 20.6 Å². The minimum Gasteiger partial charge on any atom is -0.468 e. The van der Waals surface area contributed by atoms with Crippen LogP contribution in [0.15, 0.2) is 64.3 Å². The number of benzene rings is 1. The van der Waals surface area contributed by atoms with E-state index in [-0.39, 0.29) is 36.4 Å². The van der Waals surface area contributed by atoms with Gasteiger partial charge in [-0.3, -0.25) is 0 Å². The molecule has 0 amide bonds. The zero-order chi connectivity index (χ0) is 22.1. The van der Waals surface area contributed by atoms with Crippen molar-refractivity contribution in [2.75, 3.05) is 13.2 Å². The lowest BCUT2D eigenvalue weighted by molar-refractivity contribution is -0.154. The van der Waals surface area contributed by atoms with Gasteiger partial charge >= 0.3 is 6.18 Å². The average Bonchev–Trinajstić information content (AvgIpc) is 3.24. The summed E-state index contributed by atoms with van der Waals surface area (Å²) in [5.41, 5.74) is 2.34. The number of hydrogen-bond donors (Lipinski definition) is 2. The summed E-state index contributed by atoms with van der Waals surface area (Å²) in [6.45, 7) is 1.91. The zero-order valence-electron chi connectivity index (χ0n) is 17.2. The number of oxazole rings is 1. The second-order valence-corrected chi connectivity index (χ2v) is 6.47. The molecule has 3 aromatic rings. The fraction of sp³-hybridized carbons (Fsp3) is 0.286. The molecule has 0 aliphatic rings. The molecule has 0 saturated heterocycles. The molecule has 3 rings (SSSR count). The normalized spacial score (nSPS) is 11.6. The van der Waals surface area contributed by atoms with Crippen molar-refractivity contribution in [3.8, 4) is 17.3 Å². The van der Waals surface area contributed by atoms with E-state index in [1.807, 2.05) is 37.3 Å². The van der Waals surface area contributed by atoms with E-state index in [0.717, 1.165) is 16.8 Å². The van der Waals surface area contributed by atoms with Crippen LogP contribution in [0.4, 0.5) is 13.2 Å². The number of aliphatic imine (C=N–C) groups is 1. The van der Waals surface area contributed by atoms with Crippen LogP contribution in [0, 0.1) is 0 Å². The highest BCUT2D eigenvalue weighted by Crippen LogP contribution is 2.18. The van der Waals surface area contributed by atoms with Crippen molar-refractivity contribution in [2.24, 2.45) is 4.99 Å². The molecule has 0 unspecified atom stereocenters. The van der Waals surface area contributed by atoms with Gasteiger partial charge in [0, 0.05) is 24.4 Å². The Balaban J connectivity index is 0.00000363. The maximum Gasteiger partial charge on any atom is 0.422 e. The highest BCUT2D eigenvalue weighted by molar-refractivity contribution is 14.0. The van der Waals surface area contributed by atoms with Gasteiger partial charge in [-0.2, -0.15) is 13.2 Å². The number of aromatic nitrogens is 2. The molecule has 2 heterocycles. The first-order chi connectivity index (χ1) is 14.9. The number of halogens is 4. The quantitative estimate of drug-likeness (QED) is 0.239. The Hall–Kier alpha value is -2.83. The first-order valence-corrected chi connectivity index (χ1v) is 9.59. The third-order valence-corrected chi connectivity index (χ3v) is 3.95. The smallest absolute Gasteiger partial charge is 0.422 e. The lowest BCUT2D eigenvalue weighted by atomic mass is 10.2. The summed E-state index contributed by atoms with van der Waals surface area (Å²) >= 11 is 0. The Morgan fingerprint density at radius 3 is 2.56 bits per heavy atom. The van der Waals surface area contributed by atoms with E-state index in [9.17, 15) is 13.2 Å². The Bertz CT molecular complexity index is 979. The van der Waals surface area contributed by atoms with Gasteiger partial charge in [-0.15, -0.1) is 24.0 Å². The van der Waals surface area contributed by atoms with Gasteiger partial charge in [-0.25, -0.2) is 15.0 Å². The van der Waals surface area contributed by atoms with Crippen molar-refractivity contribution in [3.63, 3.8) is 0 Å². The second-order valence-electron chi connectivity index (χ2n) is 6.47. The summed E-state index contributed by atoms with van der Waals surface area (Å²) in [6, 6.07) is 12.6. The van der Waals surface area contributed by atoms with Crippen molar-refractivity contribution < 1.29 is 22.3 Å². The van der Waals surface area contributed by atoms with Crippen LogP contribution in [0.2, 0.25) is 0 Å². The van der Waals surface area contributed by atoms with Crippen molar-refractivity contribution in [2.45, 2.75) is 26.2 Å². The minimum atomic E-state index is -4.40. The summed E-state index contributed by atoms with van der Waals surface area (Å²) in [6.07, 6.45) is -1.38. The maximum atomic E-state index is 12.2. The molecule has 0 bridgehead atoms. The van der Waals surface area contributed by atoms with Gasteiger partial charge in [0.25, 0.3) is 0 Å². The number of guanidine groups is 1. The number of pyridine rings is 1. The maximum absolute atomic E-state index is 12.2. The van der Waals surface area contributed by atoms with Gasteiger partial charge in [-0.05, 0) is 24.6 Å². The molecule has 2 aromatic heterocycles. The van der Waals surface area contributed by atoms with Crippen LogP contribution >= 0.6 is 24.0 Å². The van der Waals surface area contributed by atoms with Crippen molar-refractivity contribution >= 4 is 29.9 Å². The summed E-state index contributed by atoms with van der Waals surface area (Å²) < 4.78 is 46.7. The zero-order valence-corrected chi connectivity index (χ0v) is 19.6. The summed E-state index contributed by atoms with van der Waals surface area (Å²) in [5, 5.41) is 6.29. The predicted molar refractivity (Wildman–Crippen MR) is 125 cm³/mol. The number of ether oxygens (including phenoxy) is 1. The SMILES string of the molecule is CCNC(=NCc1ccc(OCC(F)(F)F)nc1)NCc1coc(-c2ccccc2)n1.I. The van der Waals surface area contributed by atoms with Crippen LogP contribution in [0.25, 0.3) is 11.5 Å². The lowest BCUT2D eigenvalue weighted by Gasteiger charge is -2.10. The molecule has 0 atom stereocenters. The van der Waals surface area contributed by atoms with E-state index in [4.69, 9.17) is 4.42 Å². The molecule has 32 heavy (non-hydrogen) atoms. The van der Waals surface area contributed by atoms with Crippen molar-refractivity contribution in [3.05, 3.63) is 66.2 Å². The molecule has 0 spiro atoms. The third kappa shape index (κ3) is 8.36. The van der Waals surface area contributed by atoms with Gasteiger partial charge in [0.05, 0.1) is 18.8 Å². The van der Waals surface area contributed by atoms with Crippen molar-refractivity contribution in [1.29, 1.82) is 0 Å². The predicted octanol–water partition coefficient (Wildman–Crippen LogP) is 4.55. The number of nitrogens with one attached hydrogen (secondary N) is 2. The lowest BCUT2D eigenvalue weighted by Crippen LogP contribution is -2.36. The van der Waals surface area contributed by atoms with Crippen LogP contribution in [-0.4, -0.2) is 35.3 Å². The van der Waals surface area contributed by atoms with Crippen LogP contribution in [0.3, 0.4) is 0 Å². The molecule has 172 valence electrons. The first kappa shape index (κ1) is 25.4. The highest BCUT2D eigenvalue weighted by Gasteiger charge is 2.28. The molecule has 0 saturated carbocycles. The molecule has 11 heteroatoms. The van der Waals surface area contributed by atoms with E-state index < -0.39 is 12.8 Å². The van der Waals surface area contributed by atoms with Gasteiger partial charge in [0.15, 0.2) is 12.6 Å². The largest absolute Gasteiger partial charge is 0.468 e. The summed E-state index contributed by atoms with van der Waals surface area (Å²) in [7, 11) is 0. The number of hydrogen-bond acceptors (Lipinski definition) is 5. The molecule has 1 aromatic carbocycles. The van der Waals surface area contributed by atoms with Crippen LogP contribution in [0.5, 0.6) is 5.88 Å². The molecular formula is C21H23F3IN5O2. The van der Waals surface area contributed by atoms with E-state index >= 15 is 0 Å². The molecule has 7 nitrogen and oxygen atoms in total. The van der Waals surface area contributed by atoms with Crippen LogP contribution in [-0.2, 0) is 13.1 Å². The third-order valence-electron chi connectivity index (χ3n) is 3.95. The Morgan fingerprint density at radius 1 is 1.12 bits per heavy atom. The molecule has 0 fully saturated rings. The molecule has 0 aliphatic heterocycles. The molecule has 0 aliphatic carbocycles. The van der Waals surface area contributed by atoms with Gasteiger partial charge in [0.1, 0.15) is 6.26 Å². The molecular weight excluding hydrogens is 538 g/mol. The number of alkyl halides is 3. The van der Waals surface area contributed by atoms with Crippen LogP contribution < -0.4 is 15.4 Å². The molecule has 0 radical (unpaired) electrons. The highest BCUT2D eigenvalue weighted by atomic mass is 127. The first-order valence-electron chi connectivity index (χ1n) is 9.59. The summed E-state index contributed by atoms with van der Waals surface area (Å²) in [4.78, 5) is 12.8. The topological polar surface area (TPSA) is 84.6 Å². The number of nitrogens with zero attached hydrogens (tertiary/aromatic N) is 3. The van der Waals surface area contributed by atoms with Gasteiger partial charge in [0.2, 0.25) is 11.8 Å². The minimum absolute atomic E-state index is 0. The standard InChI is InChI=1S/C21H22F3N5O2.HI/c1-2-25-20(27-11-15-8-9-18(26-10-15)31-14-21(22,23)24)28-12-17-13-30-19(29-17)16-6-4-3-5-7-16;/h3-10,13H,2,11-12,14H2,1H3,(H2,25,27,28);1H. The average molecular weight is 561 g/mol. The monoisotopic (exact) mass is 561 g/mol. The van der Waals surface area contributed by atoms with E-state index in [1.54, 1.807) is 12.3 Å². The summed E-state index contributed by atoms with van der Waals surface area (Å²) in [5.74, 6) is 1.01. The number of rotatable bonds is 8. The fourth-order valence-corrected chi connectivity index (χ4v) is 2.53.